The number of aliphatic hydroxyl groups is 2. The second kappa shape index (κ2) is 7.37. The first-order valence-corrected chi connectivity index (χ1v) is 7.27. The zero-order chi connectivity index (χ0) is 19.5. The smallest absolute Gasteiger partial charge is 0.437 e. The summed E-state index contributed by atoms with van der Waals surface area (Å²) in [7, 11) is 0. The molecular formula is C14H17F3N6O3. The third kappa shape index (κ3) is 4.54. The van der Waals surface area contributed by atoms with Crippen molar-refractivity contribution >= 4 is 22.9 Å². The van der Waals surface area contributed by atoms with Crippen molar-refractivity contribution in [3.63, 3.8) is 0 Å². The highest BCUT2D eigenvalue weighted by Crippen LogP contribution is 2.26. The summed E-state index contributed by atoms with van der Waals surface area (Å²) in [5.74, 6) is -2.21. The summed E-state index contributed by atoms with van der Waals surface area (Å²) in [6.07, 6.45) is -4.81. The molecule has 0 atom stereocenters. The van der Waals surface area contributed by atoms with Gasteiger partial charge in [-0.3, -0.25) is 16.9 Å². The molecule has 7 N–H and O–H groups in total. The van der Waals surface area contributed by atoms with E-state index in [-0.39, 0.29) is 18.0 Å². The first kappa shape index (κ1) is 19.8. The van der Waals surface area contributed by atoms with Crippen LogP contribution >= 0.6 is 0 Å². The normalized spacial score (nSPS) is 17.0. The average molecular weight is 374 g/mol. The number of nitrogens with one attached hydrogen (secondary N) is 1. The van der Waals surface area contributed by atoms with E-state index in [1.54, 1.807) is 0 Å². The Morgan fingerprint density at radius 1 is 1.19 bits per heavy atom. The summed E-state index contributed by atoms with van der Waals surface area (Å²) in [5.41, 5.74) is 8.97. The minimum atomic E-state index is -4.81. The molecule has 0 radical (unpaired) electrons. The number of nitrogens with two attached hydrogens (primary N) is 2. The number of alkyl halides is 3. The fraction of sp³-hybridized carbons (Fsp3) is 0.357. The molecule has 0 saturated carbocycles. The lowest BCUT2D eigenvalue weighted by atomic mass is 10.2. The molecule has 1 heterocycles. The number of aliphatic imine (C=N–C) groups is 1. The predicted molar refractivity (Wildman–Crippen MR) is 87.4 cm³/mol. The third-order valence-corrected chi connectivity index (χ3v) is 3.14. The number of nitrogens with zero attached hydrogens (tertiary/aromatic N) is 3. The van der Waals surface area contributed by atoms with E-state index in [1.165, 1.54) is 24.3 Å². The van der Waals surface area contributed by atoms with Crippen molar-refractivity contribution in [2.45, 2.75) is 12.0 Å². The average Bonchev–Trinajstić information content (AvgIpc) is 2.86. The van der Waals surface area contributed by atoms with Crippen molar-refractivity contribution in [1.82, 2.24) is 5.01 Å². The van der Waals surface area contributed by atoms with E-state index in [0.717, 1.165) is 5.01 Å². The van der Waals surface area contributed by atoms with Crippen LogP contribution in [-0.4, -0.2) is 64.3 Å². The number of halogens is 3. The molecule has 2 rings (SSSR count). The lowest BCUT2D eigenvalue weighted by molar-refractivity contribution is -0.0571. The van der Waals surface area contributed by atoms with Gasteiger partial charge in [0.05, 0.1) is 18.8 Å². The van der Waals surface area contributed by atoms with Crippen molar-refractivity contribution in [3.05, 3.63) is 24.3 Å². The summed E-state index contributed by atoms with van der Waals surface area (Å²) in [4.78, 5) is 3.83. The van der Waals surface area contributed by atoms with Crippen LogP contribution in [0.2, 0.25) is 0 Å². The number of hydrogen-bond donors (Lipinski definition) is 5. The molecule has 0 unspecified atom stereocenters. The van der Waals surface area contributed by atoms with Crippen LogP contribution in [0.5, 0.6) is 5.75 Å². The number of rotatable bonds is 6. The highest BCUT2D eigenvalue weighted by Gasteiger charge is 2.46. The van der Waals surface area contributed by atoms with Crippen LogP contribution in [0.15, 0.2) is 34.4 Å². The Balaban J connectivity index is 2.29. The Morgan fingerprint density at radius 2 is 1.81 bits per heavy atom. The molecule has 1 aromatic carbocycles. The molecular weight excluding hydrogens is 357 g/mol. The summed E-state index contributed by atoms with van der Waals surface area (Å²) < 4.78 is 44.5. The summed E-state index contributed by atoms with van der Waals surface area (Å²) >= 11 is 0. The van der Waals surface area contributed by atoms with Gasteiger partial charge >= 0.3 is 6.18 Å². The van der Waals surface area contributed by atoms with Gasteiger partial charge in [0, 0.05) is 0 Å². The molecule has 1 aliphatic heterocycles. The Labute approximate surface area is 145 Å². The van der Waals surface area contributed by atoms with Crippen molar-refractivity contribution in [2.75, 3.05) is 19.8 Å². The highest BCUT2D eigenvalue weighted by molar-refractivity contribution is 6.70. The van der Waals surface area contributed by atoms with Gasteiger partial charge in [-0.05, 0) is 24.3 Å². The zero-order valence-corrected chi connectivity index (χ0v) is 13.4. The standard InChI is InChI=1S/C14H17F3N6O3/c15-14(16,17)11-10(12(18)23(22-11)5-6-24)21-8-1-3-9(4-2-8)26-13(19,20)7-25/h1-4,18,24-25H,5-7,19-20H2. The Kier molecular flexibility index (Phi) is 5.61. The SMILES string of the molecule is N=C1C(=Nc2ccc(OC(N)(N)CO)cc2)C(C(F)(F)F)=NN1CCO. The molecule has 0 aliphatic carbocycles. The van der Waals surface area contributed by atoms with Crippen LogP contribution in [0.4, 0.5) is 18.9 Å². The molecule has 0 aromatic heterocycles. The van der Waals surface area contributed by atoms with Gasteiger partial charge in [-0.15, -0.1) is 0 Å². The maximum absolute atomic E-state index is 13.1. The number of benzene rings is 1. The zero-order valence-electron chi connectivity index (χ0n) is 13.4. The maximum atomic E-state index is 13.1. The summed E-state index contributed by atoms with van der Waals surface area (Å²) in [5, 5.41) is 29.6. The predicted octanol–water partition coefficient (Wildman–Crippen LogP) is -0.0951. The van der Waals surface area contributed by atoms with Gasteiger partial charge in [0.15, 0.2) is 11.5 Å². The number of aliphatic hydroxyl groups excluding tert-OH is 2. The number of ether oxygens (including phenoxy) is 1. The lowest BCUT2D eigenvalue weighted by Crippen LogP contribution is -2.57. The second-order valence-electron chi connectivity index (χ2n) is 5.31. The molecule has 0 bridgehead atoms. The molecule has 26 heavy (non-hydrogen) atoms. The summed E-state index contributed by atoms with van der Waals surface area (Å²) in [6, 6.07) is 5.34. The van der Waals surface area contributed by atoms with Crippen LogP contribution < -0.4 is 16.2 Å². The molecule has 1 aromatic rings. The van der Waals surface area contributed by atoms with Gasteiger partial charge in [-0.2, -0.15) is 18.3 Å². The van der Waals surface area contributed by atoms with Gasteiger partial charge in [-0.25, -0.2) is 10.0 Å². The van der Waals surface area contributed by atoms with Crippen LogP contribution in [0.3, 0.4) is 0 Å². The van der Waals surface area contributed by atoms with Gasteiger partial charge in [-0.1, -0.05) is 0 Å². The fourth-order valence-corrected chi connectivity index (χ4v) is 1.98. The fourth-order valence-electron chi connectivity index (χ4n) is 1.98. The molecule has 9 nitrogen and oxygen atoms in total. The summed E-state index contributed by atoms with van der Waals surface area (Å²) in [6.45, 7) is -1.39. The van der Waals surface area contributed by atoms with Crippen LogP contribution in [0, 0.1) is 5.41 Å². The van der Waals surface area contributed by atoms with E-state index in [0.29, 0.717) is 0 Å². The molecule has 0 saturated heterocycles. The first-order chi connectivity index (χ1) is 12.1. The first-order valence-electron chi connectivity index (χ1n) is 7.27. The second-order valence-corrected chi connectivity index (χ2v) is 5.31. The van der Waals surface area contributed by atoms with E-state index in [9.17, 15) is 13.2 Å². The van der Waals surface area contributed by atoms with Crippen molar-refractivity contribution < 1.29 is 28.1 Å². The number of β-amino-alcohol motifs (C(OH)–C–C–N with tert-alkyl or cyclic N) is 1. The number of hydrogen-bond acceptors (Lipinski definition) is 8. The molecule has 0 fully saturated rings. The van der Waals surface area contributed by atoms with Crippen LogP contribution in [0.1, 0.15) is 0 Å². The molecule has 0 spiro atoms. The molecule has 142 valence electrons. The third-order valence-electron chi connectivity index (χ3n) is 3.14. The maximum Gasteiger partial charge on any atom is 0.437 e. The minimum Gasteiger partial charge on any atom is -0.458 e. The number of hydrazone groups is 1. The molecule has 1 aliphatic rings. The highest BCUT2D eigenvalue weighted by atomic mass is 19.4. The minimum absolute atomic E-state index is 0.100. The lowest BCUT2D eigenvalue weighted by Gasteiger charge is -2.23. The van der Waals surface area contributed by atoms with E-state index in [1.807, 2.05) is 0 Å². The topological polar surface area (TPSA) is 154 Å². The largest absolute Gasteiger partial charge is 0.458 e. The van der Waals surface area contributed by atoms with Gasteiger partial charge < -0.3 is 14.9 Å². The van der Waals surface area contributed by atoms with Gasteiger partial charge in [0.2, 0.25) is 5.85 Å². The van der Waals surface area contributed by atoms with E-state index in [2.05, 4.69) is 10.1 Å². The number of amidine groups is 1. The van der Waals surface area contributed by atoms with Crippen LogP contribution in [-0.2, 0) is 0 Å². The molecule has 12 heteroatoms. The van der Waals surface area contributed by atoms with Crippen molar-refractivity contribution in [2.24, 2.45) is 21.6 Å². The Hall–Kier alpha value is -2.54. The van der Waals surface area contributed by atoms with E-state index < -0.39 is 42.5 Å². The quantitative estimate of drug-likeness (QED) is 0.438. The molecule has 0 amide bonds. The van der Waals surface area contributed by atoms with Crippen molar-refractivity contribution in [1.29, 1.82) is 5.41 Å². The van der Waals surface area contributed by atoms with Gasteiger partial charge in [0.25, 0.3) is 0 Å². The Morgan fingerprint density at radius 3 is 2.31 bits per heavy atom. The van der Waals surface area contributed by atoms with Crippen LogP contribution in [0.25, 0.3) is 0 Å². The monoisotopic (exact) mass is 374 g/mol. The van der Waals surface area contributed by atoms with Crippen molar-refractivity contribution in [3.8, 4) is 5.75 Å². The van der Waals surface area contributed by atoms with E-state index in [4.69, 9.17) is 31.8 Å². The van der Waals surface area contributed by atoms with Gasteiger partial charge in [0.1, 0.15) is 18.1 Å². The van der Waals surface area contributed by atoms with E-state index >= 15 is 0 Å². The Bertz CT molecular complexity index is 730.